The van der Waals surface area contributed by atoms with Gasteiger partial charge in [-0.1, -0.05) is 30.7 Å². The number of methoxy groups -OCH3 is 1. The maximum absolute atomic E-state index is 12.0. The number of aryl methyl sites for hydroxylation is 1. The van der Waals surface area contributed by atoms with Crippen molar-refractivity contribution in [2.24, 2.45) is 0 Å². The Labute approximate surface area is 159 Å². The van der Waals surface area contributed by atoms with E-state index < -0.39 is 5.91 Å². The van der Waals surface area contributed by atoms with Gasteiger partial charge in [0.2, 0.25) is 0 Å². The molecule has 27 heavy (non-hydrogen) atoms. The molecule has 0 spiro atoms. The fraction of sp³-hybridized carbons (Fsp3) is 0.238. The molecule has 0 bridgehead atoms. The molecule has 0 fully saturated rings. The number of carbonyl (C=O) groups is 2. The van der Waals surface area contributed by atoms with E-state index in [0.29, 0.717) is 23.7 Å². The summed E-state index contributed by atoms with van der Waals surface area (Å²) in [7, 11) is 1.56. The number of hydrogen-bond acceptors (Lipinski definition) is 4. The largest absolute Gasteiger partial charge is 0.493 e. The highest BCUT2D eigenvalue weighted by molar-refractivity contribution is 5.97. The van der Waals surface area contributed by atoms with Crippen LogP contribution in [0.4, 0.5) is 0 Å². The summed E-state index contributed by atoms with van der Waals surface area (Å²) in [6.45, 7) is 4.57. The Morgan fingerprint density at radius 3 is 2.44 bits per heavy atom. The molecule has 2 amide bonds. The molecule has 6 heteroatoms. The van der Waals surface area contributed by atoms with Crippen molar-refractivity contribution in [3.05, 3.63) is 65.2 Å². The summed E-state index contributed by atoms with van der Waals surface area (Å²) in [5.41, 5.74) is 7.03. The van der Waals surface area contributed by atoms with Crippen LogP contribution < -0.4 is 20.3 Å². The predicted octanol–water partition coefficient (Wildman–Crippen LogP) is 3.27. The monoisotopic (exact) mass is 368 g/mol. The Morgan fingerprint density at radius 2 is 1.78 bits per heavy atom. The van der Waals surface area contributed by atoms with Crippen molar-refractivity contribution in [2.45, 2.75) is 20.3 Å². The fourth-order valence-electron chi connectivity index (χ4n) is 2.23. The minimum absolute atomic E-state index is 0.379. The molecule has 0 aromatic heterocycles. The summed E-state index contributed by atoms with van der Waals surface area (Å²) >= 11 is 0. The lowest BCUT2D eigenvalue weighted by Crippen LogP contribution is -2.40. The highest BCUT2D eigenvalue weighted by Gasteiger charge is 2.06. The molecule has 0 unspecified atom stereocenters. The van der Waals surface area contributed by atoms with E-state index in [4.69, 9.17) is 9.47 Å². The summed E-state index contributed by atoms with van der Waals surface area (Å²) in [5.74, 6) is 0.432. The summed E-state index contributed by atoms with van der Waals surface area (Å²) in [6, 6.07) is 12.4. The van der Waals surface area contributed by atoms with Crippen molar-refractivity contribution < 1.29 is 19.1 Å². The summed E-state index contributed by atoms with van der Waals surface area (Å²) in [4.78, 5) is 23.9. The lowest BCUT2D eigenvalue weighted by atomic mass is 10.1. The van der Waals surface area contributed by atoms with Gasteiger partial charge in [0.05, 0.1) is 13.7 Å². The van der Waals surface area contributed by atoms with Crippen LogP contribution in [0.3, 0.4) is 0 Å². The first-order valence-electron chi connectivity index (χ1n) is 8.69. The van der Waals surface area contributed by atoms with Crippen LogP contribution in [0.15, 0.2) is 48.5 Å². The van der Waals surface area contributed by atoms with Crippen LogP contribution in [-0.2, 0) is 4.79 Å². The van der Waals surface area contributed by atoms with E-state index in [0.717, 1.165) is 17.5 Å². The predicted molar refractivity (Wildman–Crippen MR) is 105 cm³/mol. The number of ether oxygens (including phenoxy) is 2. The molecule has 142 valence electrons. The topological polar surface area (TPSA) is 76.7 Å². The van der Waals surface area contributed by atoms with Gasteiger partial charge in [0.15, 0.2) is 11.5 Å². The molecule has 0 heterocycles. The number of hydrogen-bond donors (Lipinski definition) is 2. The second kappa shape index (κ2) is 10.0. The van der Waals surface area contributed by atoms with E-state index >= 15 is 0 Å². The van der Waals surface area contributed by atoms with Crippen LogP contribution in [-0.4, -0.2) is 25.5 Å². The highest BCUT2D eigenvalue weighted by atomic mass is 16.5. The zero-order chi connectivity index (χ0) is 19.6. The lowest BCUT2D eigenvalue weighted by Gasteiger charge is -2.10. The molecule has 0 saturated carbocycles. The average molecular weight is 368 g/mol. The summed E-state index contributed by atoms with van der Waals surface area (Å²) < 4.78 is 10.9. The van der Waals surface area contributed by atoms with Crippen molar-refractivity contribution >= 4 is 17.9 Å². The zero-order valence-electron chi connectivity index (χ0n) is 15.7. The Hall–Kier alpha value is -3.28. The maximum Gasteiger partial charge on any atom is 0.269 e. The van der Waals surface area contributed by atoms with Gasteiger partial charge >= 0.3 is 0 Å². The number of amides is 2. The first-order chi connectivity index (χ1) is 13.0. The standard InChI is InChI=1S/C21H24N2O4/c1-4-13-27-18-11-7-16(14-19(18)26-3)8-12-20(24)22-23-21(25)17-9-5-15(2)6-10-17/h5-12,14H,4,13H2,1-3H3,(H,22,24)(H,23,25)/b12-8+. The molecule has 6 nitrogen and oxygen atoms in total. The van der Waals surface area contributed by atoms with Gasteiger partial charge < -0.3 is 9.47 Å². The third kappa shape index (κ3) is 6.18. The molecular weight excluding hydrogens is 344 g/mol. The minimum atomic E-state index is -0.444. The molecule has 2 N–H and O–H groups in total. The quantitative estimate of drug-likeness (QED) is 0.581. The first kappa shape index (κ1) is 20.0. The lowest BCUT2D eigenvalue weighted by molar-refractivity contribution is -0.117. The maximum atomic E-state index is 12.0. The zero-order valence-corrected chi connectivity index (χ0v) is 15.7. The number of carbonyl (C=O) groups excluding carboxylic acids is 2. The third-order valence-electron chi connectivity index (χ3n) is 3.69. The van der Waals surface area contributed by atoms with E-state index in [2.05, 4.69) is 10.9 Å². The second-order valence-corrected chi connectivity index (χ2v) is 5.90. The van der Waals surface area contributed by atoms with Gasteiger partial charge in [-0.2, -0.15) is 0 Å². The average Bonchev–Trinajstić information content (AvgIpc) is 2.69. The third-order valence-corrected chi connectivity index (χ3v) is 3.69. The van der Waals surface area contributed by atoms with Gasteiger partial charge in [-0.3, -0.25) is 20.4 Å². The van der Waals surface area contributed by atoms with E-state index in [1.54, 1.807) is 37.5 Å². The van der Waals surface area contributed by atoms with Crippen molar-refractivity contribution in [3.63, 3.8) is 0 Å². The second-order valence-electron chi connectivity index (χ2n) is 5.90. The Kier molecular flexibility index (Phi) is 7.43. The Balaban J connectivity index is 1.92. The van der Waals surface area contributed by atoms with Crippen LogP contribution >= 0.6 is 0 Å². The van der Waals surface area contributed by atoms with Crippen LogP contribution in [0.2, 0.25) is 0 Å². The number of nitrogens with one attached hydrogen (secondary N) is 2. The molecule has 0 aliphatic heterocycles. The van der Waals surface area contributed by atoms with Gasteiger partial charge in [0.25, 0.3) is 11.8 Å². The molecule has 2 rings (SSSR count). The van der Waals surface area contributed by atoms with Gasteiger partial charge in [-0.15, -0.1) is 0 Å². The summed E-state index contributed by atoms with van der Waals surface area (Å²) in [5, 5.41) is 0. The highest BCUT2D eigenvalue weighted by Crippen LogP contribution is 2.28. The molecular formula is C21H24N2O4. The molecule has 0 aliphatic carbocycles. The smallest absolute Gasteiger partial charge is 0.269 e. The van der Waals surface area contributed by atoms with Gasteiger partial charge in [-0.05, 0) is 49.2 Å². The van der Waals surface area contributed by atoms with E-state index in [9.17, 15) is 9.59 Å². The molecule has 0 atom stereocenters. The van der Waals surface area contributed by atoms with Crippen molar-refractivity contribution in [1.29, 1.82) is 0 Å². The Bertz CT molecular complexity index is 813. The first-order valence-corrected chi connectivity index (χ1v) is 8.69. The normalized spacial score (nSPS) is 10.5. The number of hydrazine groups is 1. The molecule has 0 aliphatic rings. The summed E-state index contributed by atoms with van der Waals surface area (Å²) in [6.07, 6.45) is 3.86. The SMILES string of the molecule is CCCOc1ccc(/C=C/C(=O)NNC(=O)c2ccc(C)cc2)cc1OC. The van der Waals surface area contributed by atoms with E-state index in [1.165, 1.54) is 6.08 Å². The minimum Gasteiger partial charge on any atom is -0.493 e. The molecule has 2 aromatic rings. The van der Waals surface area contributed by atoms with Crippen molar-refractivity contribution in [3.8, 4) is 11.5 Å². The van der Waals surface area contributed by atoms with Crippen molar-refractivity contribution in [1.82, 2.24) is 10.9 Å². The molecule has 2 aromatic carbocycles. The van der Waals surface area contributed by atoms with Crippen LogP contribution in [0.1, 0.15) is 34.8 Å². The van der Waals surface area contributed by atoms with Crippen LogP contribution in [0.25, 0.3) is 6.08 Å². The van der Waals surface area contributed by atoms with E-state index in [1.807, 2.05) is 32.0 Å². The van der Waals surface area contributed by atoms with Gasteiger partial charge in [0, 0.05) is 11.6 Å². The van der Waals surface area contributed by atoms with Crippen LogP contribution in [0.5, 0.6) is 11.5 Å². The molecule has 0 radical (unpaired) electrons. The molecule has 0 saturated heterocycles. The fourth-order valence-corrected chi connectivity index (χ4v) is 2.23. The number of benzene rings is 2. The van der Waals surface area contributed by atoms with Gasteiger partial charge in [0.1, 0.15) is 0 Å². The van der Waals surface area contributed by atoms with E-state index in [-0.39, 0.29) is 5.91 Å². The van der Waals surface area contributed by atoms with Crippen molar-refractivity contribution in [2.75, 3.05) is 13.7 Å². The number of rotatable bonds is 7. The van der Waals surface area contributed by atoms with Crippen LogP contribution in [0, 0.1) is 6.92 Å². The van der Waals surface area contributed by atoms with Gasteiger partial charge in [-0.25, -0.2) is 0 Å². The Morgan fingerprint density at radius 1 is 1.04 bits per heavy atom.